The number of sulfone groups is 1. The molecular formula is C86H108Cl8N8O23S3. The summed E-state index contributed by atoms with van der Waals surface area (Å²) in [4.78, 5) is 103. The molecule has 0 spiro atoms. The van der Waals surface area contributed by atoms with E-state index in [4.69, 9.17) is 113 Å². The smallest absolute Gasteiger partial charge is 0.358 e. The van der Waals surface area contributed by atoms with Gasteiger partial charge in [-0.2, -0.15) is 0 Å². The Balaban J connectivity index is 0.000000321. The number of imide groups is 2. The van der Waals surface area contributed by atoms with E-state index in [0.29, 0.717) is 106 Å². The molecule has 6 aromatic rings. The van der Waals surface area contributed by atoms with Crippen molar-refractivity contribution in [3.05, 3.63) is 189 Å². The van der Waals surface area contributed by atoms with Gasteiger partial charge in [0.05, 0.1) is 136 Å². The first-order chi connectivity index (χ1) is 60.2. The summed E-state index contributed by atoms with van der Waals surface area (Å²) in [5, 5.41) is 4.08. The number of ether oxygens (including phenoxy) is 8. The lowest BCUT2D eigenvalue weighted by atomic mass is 9.85. The summed E-state index contributed by atoms with van der Waals surface area (Å²) < 4.78 is 125. The van der Waals surface area contributed by atoms with Gasteiger partial charge >= 0.3 is 5.97 Å². The molecule has 6 aromatic carbocycles. The molecule has 2 unspecified atom stereocenters. The SMILES string of the molecule is CN1Cc2c(Cl)cc(Cl)cc2[C@H](c2ccc(S(=O)(=O)CCCOCCOCCN)cc2)C1.C[NH+]1Cc2c(Cl)cc(Cl)cc2[C@H](c2ccc(S(=O)(=O)NCCOCCOCCCC(=O)COCC(=O)CCCOCCOCCNS(=O)(=O)c3ccc([C@@H]4C[NH+](C)Cc5c(Cl)cc(Cl)cc54)cc3)cc2)C1.O=C(COCC(=O)ON1C(=O)CCC1=O)CN1C(=O)CCC1=O.[Cl-].[Cl-]. The first-order valence-corrected chi connectivity index (χ1v) is 48.1. The lowest BCUT2D eigenvalue weighted by Crippen LogP contribution is -3.09. The van der Waals surface area contributed by atoms with Gasteiger partial charge in [0.1, 0.15) is 39.5 Å². The quantitative estimate of drug-likeness (QED) is 0.0259. The number of hydroxylamine groups is 2. The van der Waals surface area contributed by atoms with Gasteiger partial charge in [0, 0.05) is 128 Å². The molecule has 4 amide bonds. The highest BCUT2D eigenvalue weighted by atomic mass is 35.5. The van der Waals surface area contributed by atoms with Crippen LogP contribution in [0.5, 0.6) is 0 Å². The number of hydrogen-bond acceptors (Lipinski definition) is 25. The normalized spacial score (nSPS) is 17.4. The van der Waals surface area contributed by atoms with Gasteiger partial charge in [0.2, 0.25) is 31.9 Å². The van der Waals surface area contributed by atoms with E-state index in [1.807, 2.05) is 61.6 Å². The van der Waals surface area contributed by atoms with E-state index in [1.165, 1.54) is 9.80 Å². The Hall–Kier alpha value is -6.31. The summed E-state index contributed by atoms with van der Waals surface area (Å²) >= 11 is 38.4. The van der Waals surface area contributed by atoms with Crippen LogP contribution in [-0.2, 0) is 131 Å². The molecule has 5 heterocycles. The molecule has 0 bridgehead atoms. The van der Waals surface area contributed by atoms with E-state index < -0.39 is 85.0 Å². The van der Waals surface area contributed by atoms with Gasteiger partial charge in [-0.1, -0.05) is 106 Å². The van der Waals surface area contributed by atoms with E-state index in [-0.39, 0.29) is 174 Å². The van der Waals surface area contributed by atoms with Crippen LogP contribution in [0.2, 0.25) is 30.1 Å². The van der Waals surface area contributed by atoms with Crippen molar-refractivity contribution in [3.8, 4) is 0 Å². The molecule has 0 aliphatic carbocycles. The molecule has 42 heteroatoms. The number of hydrogen-bond donors (Lipinski definition) is 5. The molecule has 2 saturated heterocycles. The van der Waals surface area contributed by atoms with E-state index in [2.05, 4.69) is 33.3 Å². The van der Waals surface area contributed by atoms with Gasteiger partial charge < -0.3 is 88.0 Å². The molecule has 31 nitrogen and oxygen atoms in total. The topological polar surface area (TPSA) is 391 Å². The molecule has 5 aliphatic rings. The molecule has 704 valence electrons. The highest BCUT2D eigenvalue weighted by Crippen LogP contribution is 2.41. The number of nitrogens with one attached hydrogen (secondary N) is 4. The van der Waals surface area contributed by atoms with Crippen molar-refractivity contribution in [1.82, 2.24) is 24.3 Å². The minimum atomic E-state index is -3.74. The average molecular weight is 2000 g/mol. The Labute approximate surface area is 789 Å². The van der Waals surface area contributed by atoms with Crippen molar-refractivity contribution in [2.24, 2.45) is 5.73 Å². The number of benzene rings is 6. The molecule has 128 heavy (non-hydrogen) atoms. The van der Waals surface area contributed by atoms with Crippen molar-refractivity contribution < 1.29 is 141 Å². The Kier molecular flexibility index (Phi) is 46.0. The second kappa shape index (κ2) is 54.1. The summed E-state index contributed by atoms with van der Waals surface area (Å²) in [5.41, 5.74) is 14.8. The second-order valence-corrected chi connectivity index (χ2v) is 38.9. The van der Waals surface area contributed by atoms with Crippen LogP contribution in [0.1, 0.15) is 126 Å². The highest BCUT2D eigenvalue weighted by molar-refractivity contribution is 7.91. The van der Waals surface area contributed by atoms with Crippen LogP contribution in [0.25, 0.3) is 0 Å². The zero-order valence-electron chi connectivity index (χ0n) is 71.1. The molecular weight excluding hydrogens is 1890 g/mol. The summed E-state index contributed by atoms with van der Waals surface area (Å²) in [6.07, 6.45) is 1.99. The number of halogens is 8. The number of Topliss-reactive ketones (excluding diaryl/α,β-unsaturated/α-hetero) is 3. The van der Waals surface area contributed by atoms with Crippen molar-refractivity contribution in [1.29, 1.82) is 0 Å². The van der Waals surface area contributed by atoms with Crippen molar-refractivity contribution in [2.45, 2.75) is 110 Å². The Morgan fingerprint density at radius 3 is 1.25 bits per heavy atom. The minimum absolute atomic E-state index is 0. The van der Waals surface area contributed by atoms with Gasteiger partial charge in [-0.25, -0.2) is 39.5 Å². The lowest BCUT2D eigenvalue weighted by Gasteiger charge is -2.33. The van der Waals surface area contributed by atoms with Crippen molar-refractivity contribution in [2.75, 3.05) is 178 Å². The fourth-order valence-corrected chi connectivity index (χ4v) is 19.7. The van der Waals surface area contributed by atoms with Gasteiger partial charge in [-0.05, 0) is 138 Å². The number of carbonyl (C=O) groups excluding carboxylic acids is 8. The third kappa shape index (κ3) is 34.0. The molecule has 6 N–H and O–H groups in total. The van der Waals surface area contributed by atoms with Gasteiger partial charge in [0.15, 0.2) is 27.2 Å². The summed E-state index contributed by atoms with van der Waals surface area (Å²) in [6.45, 7) is 7.42. The molecule has 0 saturated carbocycles. The Morgan fingerprint density at radius 1 is 0.445 bits per heavy atom. The maximum Gasteiger partial charge on any atom is 0.358 e. The average Bonchev–Trinajstić information content (AvgIpc) is 1.03. The maximum absolute atomic E-state index is 12.9. The summed E-state index contributed by atoms with van der Waals surface area (Å²) in [5.74, 6) is -3.74. The van der Waals surface area contributed by atoms with Crippen LogP contribution in [-0.4, -0.2) is 265 Å². The predicted octanol–water partition coefficient (Wildman–Crippen LogP) is 0.722. The molecule has 0 radical (unpaired) electrons. The van der Waals surface area contributed by atoms with Gasteiger partial charge in [0.25, 0.3) is 11.8 Å². The number of amides is 4. The maximum atomic E-state index is 12.9. The number of rotatable bonds is 48. The van der Waals surface area contributed by atoms with Crippen LogP contribution >= 0.6 is 69.6 Å². The number of nitrogens with two attached hydrogens (primary N) is 1. The van der Waals surface area contributed by atoms with E-state index in [0.717, 1.165) is 94.2 Å². The molecule has 5 atom stereocenters. The van der Waals surface area contributed by atoms with Gasteiger partial charge in [-0.15, -0.1) is 5.06 Å². The first kappa shape index (κ1) is 109. The lowest BCUT2D eigenvalue weighted by molar-refractivity contribution is -0.897. The molecule has 5 aliphatic heterocycles. The monoisotopic (exact) mass is 2000 g/mol. The fraction of sp³-hybridized carbons (Fsp3) is 0.488. The number of fused-ring (bicyclic) bond motifs is 3. The van der Waals surface area contributed by atoms with Crippen molar-refractivity contribution in [3.63, 3.8) is 0 Å². The standard InChI is InChI=1S/C50H62Cl4N4O11S2.C23H30Cl2N2O4S.C13H14N2O8.2ClH/c1-57-29-45(43-25-37(51)27-49(53)47(43)31-57)35-7-11-41(12-8-35)70(61,62)55-15-19-67-23-21-65-17-3-5-39(59)33-69-34-40(60)6-4-18-66-22-24-68-20-16-56-71(63,64)42-13-9-36(10-14-42)46-30-58(2)32-48-44(46)26-38(52)28-50(48)54;1-27-15-21(20-13-18(24)14-23(25)22(20)16-27)17-3-5-19(6-4-17)32(28,29)12-2-8-30-10-11-31-9-7-26;16-8(5-14-9(17)1-2-10(14)18)6-22-7-13(21)23-15-11(19)3-4-12(15)20;;/h7-14,25-28,45-46,55-56H,3-6,15-24,29-34H2,1-2H3;3-6,13-14,21H,2,7-12,15-16,26H2,1H3;1-7H2;2*1H/t45-,46-;21-;;;/m00.../s1. The zero-order chi connectivity index (χ0) is 91.1. The highest BCUT2D eigenvalue weighted by Gasteiger charge is 2.36. The number of ketones is 3. The van der Waals surface area contributed by atoms with Crippen molar-refractivity contribution >= 4 is 146 Å². The largest absolute Gasteiger partial charge is 1.00 e. The number of sulfonamides is 2. The Morgan fingerprint density at radius 2 is 0.812 bits per heavy atom. The third-order valence-corrected chi connectivity index (χ3v) is 27.3. The molecule has 2 fully saturated rings. The van der Waals surface area contributed by atoms with Gasteiger partial charge in [-0.3, -0.25) is 38.5 Å². The number of likely N-dealkylation sites (tertiary alicyclic amines) is 1. The van der Waals surface area contributed by atoms with Crippen LogP contribution in [0.4, 0.5) is 0 Å². The fourth-order valence-electron chi connectivity index (χ4n) is 14.7. The van der Waals surface area contributed by atoms with Crippen LogP contribution in [0.15, 0.2) is 124 Å². The van der Waals surface area contributed by atoms with Crippen LogP contribution in [0, 0.1) is 0 Å². The first-order valence-electron chi connectivity index (χ1n) is 41.2. The van der Waals surface area contributed by atoms with Crippen LogP contribution in [0.3, 0.4) is 0 Å². The molecule has 11 rings (SSSR count). The third-order valence-electron chi connectivity index (χ3n) is 20.9. The van der Waals surface area contributed by atoms with E-state index in [1.54, 1.807) is 54.6 Å². The van der Waals surface area contributed by atoms with Crippen LogP contribution < -0.4 is 49.8 Å². The minimum Gasteiger partial charge on any atom is -1.00 e. The van der Waals surface area contributed by atoms with E-state index in [9.17, 15) is 63.6 Å². The Bertz CT molecular complexity index is 4840. The predicted molar refractivity (Wildman–Crippen MR) is 471 cm³/mol. The zero-order valence-corrected chi connectivity index (χ0v) is 79.6. The van der Waals surface area contributed by atoms with E-state index >= 15 is 0 Å². The summed E-state index contributed by atoms with van der Waals surface area (Å²) in [6, 6.07) is 32.1. The number of nitrogens with zero attached hydrogens (tertiary/aromatic N) is 3. The summed E-state index contributed by atoms with van der Waals surface area (Å²) in [7, 11) is -4.60. The number of likely N-dealkylation sites (N-methyl/N-ethyl adjacent to an activating group) is 3. The molecule has 0 aromatic heterocycles. The number of quaternary nitrogens is 2. The number of carbonyl (C=O) groups is 8. The second-order valence-electron chi connectivity index (χ2n) is 30.8.